The minimum Gasteiger partial charge on any atom is -0.382 e. The topological polar surface area (TPSA) is 56.7 Å². The molecular formula is C20H24F2N4S. The highest BCUT2D eigenvalue weighted by Gasteiger charge is 2.15. The van der Waals surface area contributed by atoms with Crippen molar-refractivity contribution in [3.63, 3.8) is 0 Å². The van der Waals surface area contributed by atoms with Crippen LogP contribution in [-0.2, 0) is 13.0 Å². The van der Waals surface area contributed by atoms with Crippen LogP contribution in [0.1, 0.15) is 37.6 Å². The van der Waals surface area contributed by atoms with Crippen LogP contribution in [0.4, 0.5) is 14.6 Å². The third-order valence-corrected chi connectivity index (χ3v) is 5.60. The zero-order chi connectivity index (χ0) is 19.4. The quantitative estimate of drug-likeness (QED) is 0.428. The Balaban J connectivity index is 1.66. The second-order valence-corrected chi connectivity index (χ2v) is 7.72. The van der Waals surface area contributed by atoms with Gasteiger partial charge in [0, 0.05) is 30.1 Å². The number of nitrogen functional groups attached to an aromatic ring is 1. The number of fused-ring (bicyclic) bond motifs is 1. The average molecular weight is 391 g/mol. The van der Waals surface area contributed by atoms with E-state index in [4.69, 9.17) is 10.7 Å². The van der Waals surface area contributed by atoms with E-state index >= 15 is 0 Å². The van der Waals surface area contributed by atoms with Crippen molar-refractivity contribution >= 4 is 28.6 Å². The Morgan fingerprint density at radius 2 is 2.04 bits per heavy atom. The zero-order valence-electron chi connectivity index (χ0n) is 15.6. The summed E-state index contributed by atoms with van der Waals surface area (Å²) in [7, 11) is 0. The molecule has 0 amide bonds. The number of pyridine rings is 1. The highest BCUT2D eigenvalue weighted by atomic mass is 32.2. The van der Waals surface area contributed by atoms with Crippen molar-refractivity contribution in [3.05, 3.63) is 47.4 Å². The lowest BCUT2D eigenvalue weighted by molar-refractivity contribution is 0.565. The first-order chi connectivity index (χ1) is 13.0. The monoisotopic (exact) mass is 390 g/mol. The Hall–Kier alpha value is -2.15. The van der Waals surface area contributed by atoms with Gasteiger partial charge in [-0.3, -0.25) is 0 Å². The van der Waals surface area contributed by atoms with Crippen LogP contribution in [-0.4, -0.2) is 20.3 Å². The van der Waals surface area contributed by atoms with Crippen molar-refractivity contribution in [2.75, 3.05) is 11.5 Å². The summed E-state index contributed by atoms with van der Waals surface area (Å²) in [6, 6.07) is 3.72. The first-order valence-electron chi connectivity index (χ1n) is 9.19. The number of aromatic nitrogens is 3. The molecule has 27 heavy (non-hydrogen) atoms. The molecule has 0 spiro atoms. The molecule has 3 rings (SSSR count). The smallest absolute Gasteiger partial charge is 0.151 e. The predicted octanol–water partition coefficient (Wildman–Crippen LogP) is 5.13. The maximum Gasteiger partial charge on any atom is 0.151 e. The van der Waals surface area contributed by atoms with Gasteiger partial charge in [-0.05, 0) is 49.6 Å². The van der Waals surface area contributed by atoms with Crippen LogP contribution in [0.15, 0.2) is 29.3 Å². The predicted molar refractivity (Wildman–Crippen MR) is 107 cm³/mol. The number of nitrogens with zero attached hydrogens (tertiary/aromatic N) is 3. The number of hydrogen-bond acceptors (Lipinski definition) is 4. The summed E-state index contributed by atoms with van der Waals surface area (Å²) in [6.07, 6.45) is 5.56. The molecule has 0 aliphatic carbocycles. The molecule has 2 N–H and O–H groups in total. The Labute approximate surface area is 162 Å². The highest BCUT2D eigenvalue weighted by molar-refractivity contribution is 7.99. The van der Waals surface area contributed by atoms with Crippen LogP contribution < -0.4 is 5.73 Å². The van der Waals surface area contributed by atoms with Gasteiger partial charge in [0.2, 0.25) is 0 Å². The molecule has 144 valence electrons. The number of aryl methyl sites for hydroxylation is 3. The number of anilines is 1. The molecule has 7 heteroatoms. The van der Waals surface area contributed by atoms with Crippen molar-refractivity contribution in [2.45, 2.75) is 51.0 Å². The zero-order valence-corrected chi connectivity index (χ0v) is 16.5. The molecule has 0 fully saturated rings. The summed E-state index contributed by atoms with van der Waals surface area (Å²) in [6.45, 7) is 4.99. The SMILES string of the molecule is CCCc1nc2c(N)ncc(C)c2n1CCCCSc1ccc(F)cc1F. The molecule has 0 radical (unpaired) electrons. The Bertz CT molecular complexity index is 939. The molecule has 0 atom stereocenters. The van der Waals surface area contributed by atoms with E-state index < -0.39 is 11.6 Å². The molecule has 2 aromatic heterocycles. The van der Waals surface area contributed by atoms with E-state index in [1.807, 2.05) is 6.92 Å². The molecule has 4 nitrogen and oxygen atoms in total. The van der Waals surface area contributed by atoms with E-state index in [1.165, 1.54) is 23.9 Å². The fraction of sp³-hybridized carbons (Fsp3) is 0.400. The minimum absolute atomic E-state index is 0.467. The number of imidazole rings is 1. The number of nitrogens with two attached hydrogens (primary N) is 1. The fourth-order valence-electron chi connectivity index (χ4n) is 3.17. The fourth-order valence-corrected chi connectivity index (χ4v) is 4.10. The Morgan fingerprint density at radius 1 is 1.22 bits per heavy atom. The number of unbranched alkanes of at least 4 members (excludes halogenated alkanes) is 1. The standard InChI is InChI=1S/C20H24F2N4S/c1-3-6-17-25-18-19(13(2)12-24-20(18)23)26(17)9-4-5-10-27-16-8-7-14(21)11-15(16)22/h7-8,11-12H,3-6,9-10H2,1-2H3,(H2,23,24). The van der Waals surface area contributed by atoms with Crippen LogP contribution >= 0.6 is 11.8 Å². The van der Waals surface area contributed by atoms with Crippen LogP contribution in [0, 0.1) is 18.6 Å². The van der Waals surface area contributed by atoms with E-state index in [1.54, 1.807) is 6.20 Å². The van der Waals surface area contributed by atoms with Crippen molar-refractivity contribution in [1.29, 1.82) is 0 Å². The molecule has 0 saturated heterocycles. The first-order valence-corrected chi connectivity index (χ1v) is 10.2. The van der Waals surface area contributed by atoms with Gasteiger partial charge < -0.3 is 10.3 Å². The van der Waals surface area contributed by atoms with Gasteiger partial charge in [-0.1, -0.05) is 6.92 Å². The lowest BCUT2D eigenvalue weighted by Crippen LogP contribution is -2.05. The van der Waals surface area contributed by atoms with E-state index in [0.717, 1.165) is 66.5 Å². The van der Waals surface area contributed by atoms with Crippen LogP contribution in [0.25, 0.3) is 11.0 Å². The van der Waals surface area contributed by atoms with Crippen molar-refractivity contribution in [1.82, 2.24) is 14.5 Å². The van der Waals surface area contributed by atoms with Crippen molar-refractivity contribution in [2.24, 2.45) is 0 Å². The molecule has 0 aliphatic rings. The molecular weight excluding hydrogens is 366 g/mol. The molecule has 0 bridgehead atoms. The van der Waals surface area contributed by atoms with E-state index in [9.17, 15) is 8.78 Å². The molecule has 1 aromatic carbocycles. The lowest BCUT2D eigenvalue weighted by atomic mass is 10.2. The average Bonchev–Trinajstić information content (AvgIpc) is 3.00. The largest absolute Gasteiger partial charge is 0.382 e. The van der Waals surface area contributed by atoms with Gasteiger partial charge in [0.25, 0.3) is 0 Å². The Morgan fingerprint density at radius 3 is 2.78 bits per heavy atom. The summed E-state index contributed by atoms with van der Waals surface area (Å²) < 4.78 is 28.9. The van der Waals surface area contributed by atoms with Crippen molar-refractivity contribution < 1.29 is 8.78 Å². The van der Waals surface area contributed by atoms with Gasteiger partial charge in [0.05, 0.1) is 5.52 Å². The second-order valence-electron chi connectivity index (χ2n) is 6.58. The molecule has 2 heterocycles. The van der Waals surface area contributed by atoms with E-state index in [2.05, 4.69) is 16.5 Å². The van der Waals surface area contributed by atoms with Gasteiger partial charge in [0.1, 0.15) is 23.0 Å². The maximum atomic E-state index is 13.7. The van der Waals surface area contributed by atoms with Gasteiger partial charge in [-0.2, -0.15) is 0 Å². The van der Waals surface area contributed by atoms with Crippen LogP contribution in [0.5, 0.6) is 0 Å². The van der Waals surface area contributed by atoms with Gasteiger partial charge in [-0.15, -0.1) is 11.8 Å². The third kappa shape index (κ3) is 4.40. The van der Waals surface area contributed by atoms with Crippen molar-refractivity contribution in [3.8, 4) is 0 Å². The van der Waals surface area contributed by atoms with Gasteiger partial charge >= 0.3 is 0 Å². The summed E-state index contributed by atoms with van der Waals surface area (Å²) in [4.78, 5) is 9.42. The van der Waals surface area contributed by atoms with E-state index in [0.29, 0.717) is 10.7 Å². The number of hydrogen-bond donors (Lipinski definition) is 1. The van der Waals surface area contributed by atoms with Crippen LogP contribution in [0.3, 0.4) is 0 Å². The number of halogens is 2. The highest BCUT2D eigenvalue weighted by Crippen LogP contribution is 2.26. The molecule has 0 unspecified atom stereocenters. The second kappa shape index (κ2) is 8.69. The summed E-state index contributed by atoms with van der Waals surface area (Å²) in [5, 5.41) is 0. The Kier molecular flexibility index (Phi) is 6.31. The van der Waals surface area contributed by atoms with E-state index in [-0.39, 0.29) is 0 Å². The van der Waals surface area contributed by atoms with Crippen LogP contribution in [0.2, 0.25) is 0 Å². The number of rotatable bonds is 8. The van der Waals surface area contributed by atoms with Gasteiger partial charge in [-0.25, -0.2) is 18.7 Å². The van der Waals surface area contributed by atoms with Gasteiger partial charge in [0.15, 0.2) is 5.82 Å². The molecule has 0 aliphatic heterocycles. The number of benzene rings is 1. The molecule has 3 aromatic rings. The number of thioether (sulfide) groups is 1. The first kappa shape index (κ1) is 19.6. The maximum absolute atomic E-state index is 13.7. The third-order valence-electron chi connectivity index (χ3n) is 4.46. The summed E-state index contributed by atoms with van der Waals surface area (Å²) >= 11 is 1.42. The minimum atomic E-state index is -0.545. The lowest BCUT2D eigenvalue weighted by Gasteiger charge is -2.10. The summed E-state index contributed by atoms with van der Waals surface area (Å²) in [5.41, 5.74) is 8.92. The molecule has 0 saturated carbocycles. The normalized spacial score (nSPS) is 11.4. The summed E-state index contributed by atoms with van der Waals surface area (Å²) in [5.74, 6) is 1.24.